The summed E-state index contributed by atoms with van der Waals surface area (Å²) in [5.41, 5.74) is -0.362. The first-order valence-corrected chi connectivity index (χ1v) is 5.93. The monoisotopic (exact) mass is 198 g/mol. The number of aliphatic hydroxyl groups is 1. The van der Waals surface area contributed by atoms with E-state index in [9.17, 15) is 9.90 Å². The van der Waals surface area contributed by atoms with Gasteiger partial charge in [0.15, 0.2) is 0 Å². The molecule has 0 spiro atoms. The van der Waals surface area contributed by atoms with Crippen molar-refractivity contribution in [3.8, 4) is 0 Å². The van der Waals surface area contributed by atoms with Crippen molar-refractivity contribution in [1.82, 2.24) is 0 Å². The molecule has 0 bridgehead atoms. The van der Waals surface area contributed by atoms with Crippen molar-refractivity contribution >= 4 is 6.29 Å². The van der Waals surface area contributed by atoms with Gasteiger partial charge in [0.25, 0.3) is 0 Å². The molecular formula is C12H22O2. The van der Waals surface area contributed by atoms with Gasteiger partial charge in [-0.15, -0.1) is 0 Å². The smallest absolute Gasteiger partial charge is 0.119 e. The number of hydrogen-bond donors (Lipinski definition) is 1. The molecule has 1 aliphatic carbocycles. The van der Waals surface area contributed by atoms with Gasteiger partial charge < -0.3 is 9.90 Å². The summed E-state index contributed by atoms with van der Waals surface area (Å²) in [6, 6.07) is 0. The Morgan fingerprint density at radius 1 is 1.07 bits per heavy atom. The first-order chi connectivity index (χ1) is 6.77. The average molecular weight is 198 g/mol. The molecule has 1 rings (SSSR count). The number of rotatable bonds is 6. The molecule has 0 aromatic heterocycles. The molecule has 1 saturated carbocycles. The van der Waals surface area contributed by atoms with E-state index in [0.29, 0.717) is 6.42 Å². The zero-order valence-electron chi connectivity index (χ0n) is 9.00. The molecule has 1 aliphatic rings. The van der Waals surface area contributed by atoms with Gasteiger partial charge in [-0.3, -0.25) is 0 Å². The molecule has 2 nitrogen and oxygen atoms in total. The summed E-state index contributed by atoms with van der Waals surface area (Å²) in [6.07, 6.45) is 11.4. The molecule has 2 heteroatoms. The van der Waals surface area contributed by atoms with Crippen LogP contribution in [0.1, 0.15) is 64.2 Å². The first kappa shape index (κ1) is 11.7. The third-order valence-corrected chi connectivity index (χ3v) is 3.25. The van der Waals surface area contributed by atoms with Crippen LogP contribution >= 0.6 is 0 Å². The van der Waals surface area contributed by atoms with Crippen LogP contribution in [-0.4, -0.2) is 17.0 Å². The van der Waals surface area contributed by atoms with Gasteiger partial charge in [-0.2, -0.15) is 0 Å². The molecule has 0 aliphatic heterocycles. The van der Waals surface area contributed by atoms with Crippen LogP contribution < -0.4 is 0 Å². The largest absolute Gasteiger partial charge is 0.390 e. The molecule has 0 radical (unpaired) electrons. The number of carbonyl (C=O) groups excluding carboxylic acids is 1. The maximum Gasteiger partial charge on any atom is 0.119 e. The van der Waals surface area contributed by atoms with Crippen LogP contribution in [0, 0.1) is 0 Å². The quantitative estimate of drug-likeness (QED) is 0.526. The number of carbonyl (C=O) groups is 1. The fourth-order valence-corrected chi connectivity index (χ4v) is 2.32. The highest BCUT2D eigenvalue weighted by Gasteiger charge is 2.27. The Hall–Kier alpha value is -0.370. The van der Waals surface area contributed by atoms with Crippen LogP contribution in [0.5, 0.6) is 0 Å². The van der Waals surface area contributed by atoms with Crippen molar-refractivity contribution in [3.63, 3.8) is 0 Å². The van der Waals surface area contributed by atoms with E-state index >= 15 is 0 Å². The second kappa shape index (κ2) is 6.18. The van der Waals surface area contributed by atoms with Crippen LogP contribution in [0.2, 0.25) is 0 Å². The standard InChI is InChI=1S/C12H22O2/c13-11-7-2-1-4-8-12(14)9-5-3-6-10-12/h11,14H,1-10H2. The van der Waals surface area contributed by atoms with E-state index in [2.05, 4.69) is 0 Å². The Bertz CT molecular complexity index is 160. The van der Waals surface area contributed by atoms with E-state index in [0.717, 1.165) is 44.8 Å². The molecule has 82 valence electrons. The van der Waals surface area contributed by atoms with Crippen LogP contribution in [0.4, 0.5) is 0 Å². The lowest BCUT2D eigenvalue weighted by molar-refractivity contribution is -0.107. The van der Waals surface area contributed by atoms with Gasteiger partial charge in [0.1, 0.15) is 6.29 Å². The van der Waals surface area contributed by atoms with Crippen LogP contribution in [0.15, 0.2) is 0 Å². The Kier molecular flexibility index (Phi) is 5.16. The van der Waals surface area contributed by atoms with Crippen LogP contribution in [0.3, 0.4) is 0 Å². The van der Waals surface area contributed by atoms with Gasteiger partial charge in [0.2, 0.25) is 0 Å². The minimum atomic E-state index is -0.362. The first-order valence-electron chi connectivity index (χ1n) is 5.93. The Morgan fingerprint density at radius 2 is 1.79 bits per heavy atom. The molecule has 0 aromatic rings. The van der Waals surface area contributed by atoms with Crippen molar-refractivity contribution in [2.24, 2.45) is 0 Å². The summed E-state index contributed by atoms with van der Waals surface area (Å²) in [6.45, 7) is 0. The van der Waals surface area contributed by atoms with Crippen molar-refractivity contribution in [3.05, 3.63) is 0 Å². The molecule has 1 N–H and O–H groups in total. The van der Waals surface area contributed by atoms with Crippen molar-refractivity contribution in [2.75, 3.05) is 0 Å². The molecular weight excluding hydrogens is 176 g/mol. The highest BCUT2D eigenvalue weighted by Crippen LogP contribution is 2.32. The van der Waals surface area contributed by atoms with E-state index in [1.54, 1.807) is 0 Å². The predicted octanol–water partition coefficient (Wildman–Crippen LogP) is 2.83. The SMILES string of the molecule is O=CCCCCCC1(O)CCCCC1. The van der Waals surface area contributed by atoms with Gasteiger partial charge >= 0.3 is 0 Å². The van der Waals surface area contributed by atoms with Gasteiger partial charge in [-0.1, -0.05) is 32.1 Å². The van der Waals surface area contributed by atoms with Gasteiger partial charge in [0, 0.05) is 6.42 Å². The molecule has 0 atom stereocenters. The minimum absolute atomic E-state index is 0.362. The van der Waals surface area contributed by atoms with E-state index in [-0.39, 0.29) is 5.60 Å². The molecule has 1 fully saturated rings. The summed E-state index contributed by atoms with van der Waals surface area (Å²) in [5.74, 6) is 0. The number of unbranched alkanes of at least 4 members (excludes halogenated alkanes) is 3. The normalized spacial score (nSPS) is 20.6. The second-order valence-electron chi connectivity index (χ2n) is 4.55. The predicted molar refractivity (Wildman–Crippen MR) is 57.2 cm³/mol. The molecule has 0 unspecified atom stereocenters. The van der Waals surface area contributed by atoms with Crippen LogP contribution in [0.25, 0.3) is 0 Å². The lowest BCUT2D eigenvalue weighted by Gasteiger charge is -2.32. The van der Waals surface area contributed by atoms with E-state index in [1.165, 1.54) is 19.3 Å². The average Bonchev–Trinajstić information content (AvgIpc) is 2.18. The molecule has 0 heterocycles. The molecule has 0 amide bonds. The molecule has 0 aromatic carbocycles. The van der Waals surface area contributed by atoms with Gasteiger partial charge in [-0.25, -0.2) is 0 Å². The summed E-state index contributed by atoms with van der Waals surface area (Å²) < 4.78 is 0. The summed E-state index contributed by atoms with van der Waals surface area (Å²) in [7, 11) is 0. The third kappa shape index (κ3) is 4.23. The van der Waals surface area contributed by atoms with Crippen molar-refractivity contribution in [1.29, 1.82) is 0 Å². The highest BCUT2D eigenvalue weighted by molar-refractivity contribution is 5.48. The van der Waals surface area contributed by atoms with Gasteiger partial charge in [-0.05, 0) is 25.7 Å². The highest BCUT2D eigenvalue weighted by atomic mass is 16.3. The maximum atomic E-state index is 10.2. The fraction of sp³-hybridized carbons (Fsp3) is 0.917. The Labute approximate surface area is 86.7 Å². The number of hydrogen-bond acceptors (Lipinski definition) is 2. The molecule has 0 saturated heterocycles. The van der Waals surface area contributed by atoms with Crippen molar-refractivity contribution < 1.29 is 9.90 Å². The zero-order chi connectivity index (χ0) is 10.3. The van der Waals surface area contributed by atoms with Crippen molar-refractivity contribution in [2.45, 2.75) is 69.8 Å². The van der Waals surface area contributed by atoms with E-state index in [1.807, 2.05) is 0 Å². The lowest BCUT2D eigenvalue weighted by atomic mass is 9.81. The molecule has 14 heavy (non-hydrogen) atoms. The fourth-order valence-electron chi connectivity index (χ4n) is 2.32. The Balaban J connectivity index is 2.06. The van der Waals surface area contributed by atoms with E-state index in [4.69, 9.17) is 0 Å². The topological polar surface area (TPSA) is 37.3 Å². The van der Waals surface area contributed by atoms with E-state index < -0.39 is 0 Å². The minimum Gasteiger partial charge on any atom is -0.390 e. The van der Waals surface area contributed by atoms with Crippen LogP contribution in [-0.2, 0) is 4.79 Å². The zero-order valence-corrected chi connectivity index (χ0v) is 9.00. The lowest BCUT2D eigenvalue weighted by Crippen LogP contribution is -2.30. The Morgan fingerprint density at radius 3 is 2.43 bits per heavy atom. The second-order valence-corrected chi connectivity index (χ2v) is 4.55. The summed E-state index contributed by atoms with van der Waals surface area (Å²) >= 11 is 0. The van der Waals surface area contributed by atoms with Gasteiger partial charge in [0.05, 0.1) is 5.60 Å². The maximum absolute atomic E-state index is 10.2. The number of aldehydes is 1. The third-order valence-electron chi connectivity index (χ3n) is 3.25. The summed E-state index contributed by atoms with van der Waals surface area (Å²) in [4.78, 5) is 10.1. The summed E-state index contributed by atoms with van der Waals surface area (Å²) in [5, 5.41) is 10.2.